The maximum absolute atomic E-state index is 13.1. The number of anilines is 1. The van der Waals surface area contributed by atoms with Crippen LogP contribution in [0.5, 0.6) is 5.75 Å². The summed E-state index contributed by atoms with van der Waals surface area (Å²) in [5, 5.41) is 2.96. The van der Waals surface area contributed by atoms with E-state index in [0.29, 0.717) is 17.9 Å². The second-order valence-corrected chi connectivity index (χ2v) is 9.99. The number of amides is 1. The minimum atomic E-state index is -0.246. The van der Waals surface area contributed by atoms with Crippen LogP contribution in [-0.4, -0.2) is 30.1 Å². The van der Waals surface area contributed by atoms with E-state index >= 15 is 0 Å². The number of nitrogens with one attached hydrogen (secondary N) is 1. The summed E-state index contributed by atoms with van der Waals surface area (Å²) in [6.07, 6.45) is 7.69. The SMILES string of the molecule is COc1ccc2c(c1)C(CC(=O)c1ccc(NC(=O)CCC3CCCC3)cc1)=NC(C)(C)C2. The van der Waals surface area contributed by atoms with Gasteiger partial charge in [-0.25, -0.2) is 0 Å². The molecule has 0 atom stereocenters. The van der Waals surface area contributed by atoms with Crippen molar-refractivity contribution in [3.63, 3.8) is 0 Å². The molecule has 2 aromatic carbocycles. The standard InChI is InChI=1S/C28H34N2O3/c1-28(2)18-21-11-14-23(33-3)16-24(21)25(30-28)17-26(31)20-9-12-22(13-10-20)29-27(32)15-8-19-6-4-5-7-19/h9-14,16,19H,4-8,15,17-18H2,1-3H3,(H,29,32). The van der Waals surface area contributed by atoms with Crippen molar-refractivity contribution in [3.8, 4) is 5.75 Å². The highest BCUT2D eigenvalue weighted by Gasteiger charge is 2.28. The Bertz CT molecular complexity index is 1050. The lowest BCUT2D eigenvalue weighted by Gasteiger charge is -2.29. The zero-order valence-electron chi connectivity index (χ0n) is 19.9. The minimum Gasteiger partial charge on any atom is -0.497 e. The molecule has 1 saturated carbocycles. The summed E-state index contributed by atoms with van der Waals surface area (Å²) in [4.78, 5) is 30.2. The average Bonchev–Trinajstić information content (AvgIpc) is 3.31. The van der Waals surface area contributed by atoms with Crippen LogP contribution < -0.4 is 10.1 Å². The molecule has 2 aliphatic rings. The number of aliphatic imine (C=N–C) groups is 1. The molecule has 1 amide bonds. The van der Waals surface area contributed by atoms with Gasteiger partial charge in [-0.3, -0.25) is 14.6 Å². The number of carbonyl (C=O) groups excluding carboxylic acids is 2. The number of nitrogens with zero attached hydrogens (tertiary/aromatic N) is 1. The van der Waals surface area contributed by atoms with Gasteiger partial charge < -0.3 is 10.1 Å². The highest BCUT2D eigenvalue weighted by Crippen LogP contribution is 2.31. The molecule has 2 aromatic rings. The Hall–Kier alpha value is -2.95. The second-order valence-electron chi connectivity index (χ2n) is 9.99. The summed E-state index contributed by atoms with van der Waals surface area (Å²) in [6.45, 7) is 4.18. The molecular weight excluding hydrogens is 412 g/mol. The number of rotatable bonds is 8. The first-order valence-electron chi connectivity index (χ1n) is 12.0. The van der Waals surface area contributed by atoms with Crippen molar-refractivity contribution in [2.24, 2.45) is 10.9 Å². The van der Waals surface area contributed by atoms with E-state index in [9.17, 15) is 9.59 Å². The monoisotopic (exact) mass is 446 g/mol. The van der Waals surface area contributed by atoms with Crippen LogP contribution in [0.15, 0.2) is 47.5 Å². The van der Waals surface area contributed by atoms with Gasteiger partial charge in [-0.2, -0.15) is 0 Å². The van der Waals surface area contributed by atoms with Crippen LogP contribution in [0.4, 0.5) is 5.69 Å². The molecule has 0 radical (unpaired) electrons. The second kappa shape index (κ2) is 9.90. The largest absolute Gasteiger partial charge is 0.497 e. The topological polar surface area (TPSA) is 67.8 Å². The van der Waals surface area contributed by atoms with Crippen molar-refractivity contribution in [2.75, 3.05) is 12.4 Å². The van der Waals surface area contributed by atoms with E-state index in [1.54, 1.807) is 19.2 Å². The van der Waals surface area contributed by atoms with Gasteiger partial charge in [0.1, 0.15) is 5.75 Å². The van der Waals surface area contributed by atoms with Gasteiger partial charge in [-0.1, -0.05) is 31.7 Å². The van der Waals surface area contributed by atoms with E-state index < -0.39 is 0 Å². The molecule has 174 valence electrons. The van der Waals surface area contributed by atoms with E-state index in [4.69, 9.17) is 9.73 Å². The van der Waals surface area contributed by atoms with Crippen molar-refractivity contribution >= 4 is 23.1 Å². The Morgan fingerprint density at radius 2 is 1.82 bits per heavy atom. The zero-order valence-corrected chi connectivity index (χ0v) is 19.9. The highest BCUT2D eigenvalue weighted by molar-refractivity contribution is 6.17. The Morgan fingerprint density at radius 3 is 2.52 bits per heavy atom. The Balaban J connectivity index is 1.40. The van der Waals surface area contributed by atoms with Crippen molar-refractivity contribution in [3.05, 3.63) is 59.2 Å². The summed E-state index contributed by atoms with van der Waals surface area (Å²) >= 11 is 0. The number of methoxy groups -OCH3 is 1. The molecule has 0 saturated heterocycles. The van der Waals surface area contributed by atoms with Gasteiger partial charge in [0.25, 0.3) is 0 Å². The van der Waals surface area contributed by atoms with Crippen LogP contribution in [0.3, 0.4) is 0 Å². The van der Waals surface area contributed by atoms with Crippen LogP contribution in [0.2, 0.25) is 0 Å². The molecule has 1 aliphatic heterocycles. The summed E-state index contributed by atoms with van der Waals surface area (Å²) in [5.41, 5.74) is 4.09. The first-order valence-corrected chi connectivity index (χ1v) is 12.0. The van der Waals surface area contributed by atoms with Crippen molar-refractivity contribution in [1.29, 1.82) is 0 Å². The molecule has 33 heavy (non-hydrogen) atoms. The quantitative estimate of drug-likeness (QED) is 0.506. The zero-order chi connectivity index (χ0) is 23.4. The molecular formula is C28H34N2O3. The number of fused-ring (bicyclic) bond motifs is 1. The molecule has 0 spiro atoms. The molecule has 0 aromatic heterocycles. The summed E-state index contributed by atoms with van der Waals surface area (Å²) in [6, 6.07) is 13.2. The first-order chi connectivity index (χ1) is 15.8. The number of benzene rings is 2. The third-order valence-corrected chi connectivity index (χ3v) is 6.76. The molecule has 5 heteroatoms. The number of Topliss-reactive ketones (excluding diaryl/α,β-unsaturated/α-hetero) is 1. The van der Waals surface area contributed by atoms with E-state index in [2.05, 4.69) is 25.2 Å². The molecule has 5 nitrogen and oxygen atoms in total. The van der Waals surface area contributed by atoms with E-state index in [0.717, 1.165) is 35.6 Å². The maximum Gasteiger partial charge on any atom is 0.224 e. The first kappa shape index (κ1) is 23.2. The van der Waals surface area contributed by atoms with Gasteiger partial charge in [0.2, 0.25) is 5.91 Å². The molecule has 0 unspecified atom stereocenters. The Morgan fingerprint density at radius 1 is 1.09 bits per heavy atom. The Kier molecular flexibility index (Phi) is 6.96. The number of carbonyl (C=O) groups is 2. The van der Waals surface area contributed by atoms with Crippen LogP contribution in [0.25, 0.3) is 0 Å². The number of ketones is 1. The van der Waals surface area contributed by atoms with E-state index in [-0.39, 0.29) is 23.7 Å². The molecule has 4 rings (SSSR count). The van der Waals surface area contributed by atoms with Crippen LogP contribution in [-0.2, 0) is 11.2 Å². The Labute approximate surface area is 196 Å². The fraction of sp³-hybridized carbons (Fsp3) is 0.464. The average molecular weight is 447 g/mol. The number of hydrogen-bond donors (Lipinski definition) is 1. The molecule has 1 N–H and O–H groups in total. The molecule has 1 aliphatic carbocycles. The third-order valence-electron chi connectivity index (χ3n) is 6.76. The van der Waals surface area contributed by atoms with Gasteiger partial charge in [0.15, 0.2) is 5.78 Å². The fourth-order valence-corrected chi connectivity index (χ4v) is 5.02. The maximum atomic E-state index is 13.1. The molecule has 1 heterocycles. The lowest BCUT2D eigenvalue weighted by molar-refractivity contribution is -0.116. The van der Waals surface area contributed by atoms with Gasteiger partial charge in [0.05, 0.1) is 24.8 Å². The number of ether oxygens (including phenoxy) is 1. The normalized spacial score (nSPS) is 17.2. The van der Waals surface area contributed by atoms with Gasteiger partial charge >= 0.3 is 0 Å². The smallest absolute Gasteiger partial charge is 0.224 e. The van der Waals surface area contributed by atoms with Crippen molar-refractivity contribution in [1.82, 2.24) is 0 Å². The summed E-state index contributed by atoms with van der Waals surface area (Å²) in [5.74, 6) is 1.53. The van der Waals surface area contributed by atoms with E-state index in [1.807, 2.05) is 24.3 Å². The fourth-order valence-electron chi connectivity index (χ4n) is 5.02. The van der Waals surface area contributed by atoms with Crippen molar-refractivity contribution in [2.45, 2.75) is 70.8 Å². The van der Waals surface area contributed by atoms with Crippen molar-refractivity contribution < 1.29 is 14.3 Å². The third kappa shape index (κ3) is 5.89. The van der Waals surface area contributed by atoms with Crippen LogP contribution in [0.1, 0.15) is 80.3 Å². The van der Waals surface area contributed by atoms with Crippen LogP contribution in [0, 0.1) is 5.92 Å². The summed E-state index contributed by atoms with van der Waals surface area (Å²) in [7, 11) is 1.64. The van der Waals surface area contributed by atoms with Gasteiger partial charge in [-0.05, 0) is 74.6 Å². The van der Waals surface area contributed by atoms with Crippen LogP contribution >= 0.6 is 0 Å². The van der Waals surface area contributed by atoms with E-state index in [1.165, 1.54) is 31.2 Å². The highest BCUT2D eigenvalue weighted by atomic mass is 16.5. The number of hydrogen-bond acceptors (Lipinski definition) is 4. The van der Waals surface area contributed by atoms with Gasteiger partial charge in [0, 0.05) is 23.2 Å². The predicted molar refractivity (Wildman–Crippen MR) is 133 cm³/mol. The predicted octanol–water partition coefficient (Wildman–Crippen LogP) is 6.00. The molecule has 0 bridgehead atoms. The lowest BCUT2D eigenvalue weighted by Crippen LogP contribution is -2.30. The summed E-state index contributed by atoms with van der Waals surface area (Å²) < 4.78 is 5.39. The molecule has 1 fully saturated rings. The minimum absolute atomic E-state index is 0.0133. The lowest BCUT2D eigenvalue weighted by atomic mass is 9.85. The van der Waals surface area contributed by atoms with Gasteiger partial charge in [-0.15, -0.1) is 0 Å².